The Labute approximate surface area is 171 Å². The molecule has 28 heavy (non-hydrogen) atoms. The Bertz CT molecular complexity index is 1200. The van der Waals surface area contributed by atoms with Crippen molar-refractivity contribution in [3.63, 3.8) is 0 Å². The first-order chi connectivity index (χ1) is 13.6. The normalized spacial score (nSPS) is 12.8. The number of ether oxygens (including phenoxy) is 1. The third kappa shape index (κ3) is 2.93. The number of halogens is 3. The van der Waals surface area contributed by atoms with Crippen LogP contribution in [0.4, 0.5) is 8.78 Å². The van der Waals surface area contributed by atoms with Crippen LogP contribution in [0.15, 0.2) is 53.3 Å². The van der Waals surface area contributed by atoms with Crippen LogP contribution < -0.4 is 4.74 Å². The van der Waals surface area contributed by atoms with Gasteiger partial charge in [-0.25, -0.2) is 8.78 Å². The van der Waals surface area contributed by atoms with E-state index in [9.17, 15) is 8.78 Å². The first-order valence-corrected chi connectivity index (χ1v) is 10.1. The van der Waals surface area contributed by atoms with Gasteiger partial charge in [0.05, 0.1) is 17.2 Å². The standard InChI is InChI=1S/C20H12BrF2N3OS/c21-12-1-4-17-14(8-12)19-11(5-6-27-17)7-18(28-19)20-25-24-10-26(20)16-3-2-13(22)9-15(16)23/h1-4,7-10H,5-6H2. The molecule has 0 spiro atoms. The van der Waals surface area contributed by atoms with Crippen LogP contribution in [0.5, 0.6) is 5.75 Å². The van der Waals surface area contributed by atoms with Gasteiger partial charge in [-0.2, -0.15) is 0 Å². The lowest BCUT2D eigenvalue weighted by Gasteiger charge is -2.08. The molecule has 2 aromatic carbocycles. The zero-order valence-electron chi connectivity index (χ0n) is 14.3. The molecule has 3 heterocycles. The molecule has 0 atom stereocenters. The number of thiophene rings is 1. The highest BCUT2D eigenvalue weighted by Gasteiger charge is 2.22. The van der Waals surface area contributed by atoms with E-state index in [1.807, 2.05) is 24.3 Å². The zero-order chi connectivity index (χ0) is 19.3. The van der Waals surface area contributed by atoms with Gasteiger partial charge in [0.1, 0.15) is 23.7 Å². The molecule has 0 saturated heterocycles. The molecule has 1 aliphatic rings. The molecule has 1 aliphatic heterocycles. The van der Waals surface area contributed by atoms with Crippen LogP contribution in [0.2, 0.25) is 0 Å². The summed E-state index contributed by atoms with van der Waals surface area (Å²) in [4.78, 5) is 1.96. The molecule has 0 fully saturated rings. The fourth-order valence-electron chi connectivity index (χ4n) is 3.29. The maximum absolute atomic E-state index is 14.3. The van der Waals surface area contributed by atoms with Gasteiger partial charge in [-0.1, -0.05) is 15.9 Å². The number of rotatable bonds is 2. The van der Waals surface area contributed by atoms with E-state index in [1.165, 1.54) is 23.0 Å². The van der Waals surface area contributed by atoms with E-state index < -0.39 is 11.6 Å². The molecular weight excluding hydrogens is 448 g/mol. The molecule has 4 nitrogen and oxygen atoms in total. The first-order valence-electron chi connectivity index (χ1n) is 8.51. The molecule has 0 saturated carbocycles. The van der Waals surface area contributed by atoms with Crippen LogP contribution in [-0.4, -0.2) is 21.4 Å². The van der Waals surface area contributed by atoms with Crippen LogP contribution in [-0.2, 0) is 6.42 Å². The second-order valence-electron chi connectivity index (χ2n) is 6.32. The Morgan fingerprint density at radius 3 is 2.86 bits per heavy atom. The summed E-state index contributed by atoms with van der Waals surface area (Å²) in [5.74, 6) is 0.0604. The highest BCUT2D eigenvalue weighted by molar-refractivity contribution is 9.10. The molecule has 8 heteroatoms. The summed E-state index contributed by atoms with van der Waals surface area (Å²) in [6.07, 6.45) is 2.20. The smallest absolute Gasteiger partial charge is 0.178 e. The highest BCUT2D eigenvalue weighted by Crippen LogP contribution is 2.44. The van der Waals surface area contributed by atoms with Crippen LogP contribution in [0.25, 0.3) is 26.8 Å². The van der Waals surface area contributed by atoms with Crippen molar-refractivity contribution in [2.24, 2.45) is 0 Å². The monoisotopic (exact) mass is 459 g/mol. The van der Waals surface area contributed by atoms with E-state index in [2.05, 4.69) is 26.1 Å². The number of aromatic nitrogens is 3. The molecule has 4 aromatic rings. The summed E-state index contributed by atoms with van der Waals surface area (Å²) >= 11 is 5.07. The maximum atomic E-state index is 14.3. The summed E-state index contributed by atoms with van der Waals surface area (Å²) in [5, 5.41) is 8.14. The van der Waals surface area contributed by atoms with Crippen molar-refractivity contribution < 1.29 is 13.5 Å². The van der Waals surface area contributed by atoms with E-state index in [1.54, 1.807) is 11.3 Å². The number of hydrogen-bond acceptors (Lipinski definition) is 4. The Hall–Kier alpha value is -2.58. The molecule has 2 aromatic heterocycles. The number of fused-ring (bicyclic) bond motifs is 3. The molecule has 0 aliphatic carbocycles. The van der Waals surface area contributed by atoms with Gasteiger partial charge in [-0.05, 0) is 42.0 Å². The van der Waals surface area contributed by atoms with Crippen LogP contribution >= 0.6 is 27.3 Å². The third-order valence-corrected chi connectivity index (χ3v) is 6.26. The topological polar surface area (TPSA) is 39.9 Å². The SMILES string of the molecule is Fc1ccc(-n2cnnc2-c2cc3c(s2)-c2cc(Br)ccc2OCC3)c(F)c1. The number of nitrogens with zero attached hydrogens (tertiary/aromatic N) is 3. The van der Waals surface area contributed by atoms with Gasteiger partial charge >= 0.3 is 0 Å². The van der Waals surface area contributed by atoms with Crippen molar-refractivity contribution in [3.8, 4) is 32.6 Å². The highest BCUT2D eigenvalue weighted by atomic mass is 79.9. The van der Waals surface area contributed by atoms with Crippen LogP contribution in [0.3, 0.4) is 0 Å². The lowest BCUT2D eigenvalue weighted by atomic mass is 10.1. The minimum Gasteiger partial charge on any atom is -0.493 e. The second-order valence-corrected chi connectivity index (χ2v) is 8.29. The molecule has 0 radical (unpaired) electrons. The average molecular weight is 460 g/mol. The Morgan fingerprint density at radius 1 is 1.11 bits per heavy atom. The summed E-state index contributed by atoms with van der Waals surface area (Å²) in [7, 11) is 0. The molecule has 5 rings (SSSR count). The Kier molecular flexibility index (Phi) is 4.25. The third-order valence-electron chi connectivity index (χ3n) is 4.56. The van der Waals surface area contributed by atoms with Gasteiger partial charge in [-0.15, -0.1) is 21.5 Å². The fraction of sp³-hybridized carbons (Fsp3) is 0.100. The van der Waals surface area contributed by atoms with Crippen molar-refractivity contribution >= 4 is 27.3 Å². The lowest BCUT2D eigenvalue weighted by Crippen LogP contribution is -2.00. The van der Waals surface area contributed by atoms with Gasteiger partial charge in [0.25, 0.3) is 0 Å². The summed E-state index contributed by atoms with van der Waals surface area (Å²) in [6.45, 7) is 0.580. The quantitative estimate of drug-likeness (QED) is 0.389. The summed E-state index contributed by atoms with van der Waals surface area (Å²) in [6, 6.07) is 11.4. The van der Waals surface area contributed by atoms with E-state index in [4.69, 9.17) is 4.74 Å². The predicted octanol–water partition coefficient (Wildman–Crippen LogP) is 5.64. The van der Waals surface area contributed by atoms with E-state index >= 15 is 0 Å². The minimum atomic E-state index is -0.665. The zero-order valence-corrected chi connectivity index (χ0v) is 16.7. The van der Waals surface area contributed by atoms with E-state index in [0.717, 1.165) is 43.6 Å². The first kappa shape index (κ1) is 17.5. The molecule has 0 amide bonds. The van der Waals surface area contributed by atoms with Crippen molar-refractivity contribution in [1.29, 1.82) is 0 Å². The van der Waals surface area contributed by atoms with E-state index in [0.29, 0.717) is 12.4 Å². The second kappa shape index (κ2) is 6.79. The molecule has 140 valence electrons. The van der Waals surface area contributed by atoms with Crippen molar-refractivity contribution in [3.05, 3.63) is 70.5 Å². The fourth-order valence-corrected chi connectivity index (χ4v) is 4.86. The Morgan fingerprint density at radius 2 is 2.00 bits per heavy atom. The van der Waals surface area contributed by atoms with Gasteiger partial charge in [0, 0.05) is 27.4 Å². The van der Waals surface area contributed by atoms with Crippen LogP contribution in [0.1, 0.15) is 5.56 Å². The van der Waals surface area contributed by atoms with Gasteiger partial charge in [0.15, 0.2) is 5.82 Å². The number of hydrogen-bond donors (Lipinski definition) is 0. The molecule has 0 N–H and O–H groups in total. The van der Waals surface area contributed by atoms with Gasteiger partial charge < -0.3 is 4.74 Å². The van der Waals surface area contributed by atoms with Crippen molar-refractivity contribution in [2.75, 3.05) is 6.61 Å². The van der Waals surface area contributed by atoms with Crippen molar-refractivity contribution in [1.82, 2.24) is 14.8 Å². The lowest BCUT2D eigenvalue weighted by molar-refractivity contribution is 0.326. The maximum Gasteiger partial charge on any atom is 0.178 e. The summed E-state index contributed by atoms with van der Waals surface area (Å²) < 4.78 is 36.0. The molecule has 0 bridgehead atoms. The Balaban J connectivity index is 1.65. The largest absolute Gasteiger partial charge is 0.493 e. The van der Waals surface area contributed by atoms with Crippen molar-refractivity contribution in [2.45, 2.75) is 6.42 Å². The van der Waals surface area contributed by atoms with Gasteiger partial charge in [-0.3, -0.25) is 4.57 Å². The van der Waals surface area contributed by atoms with Gasteiger partial charge in [0.2, 0.25) is 0 Å². The molecule has 0 unspecified atom stereocenters. The average Bonchev–Trinajstić information content (AvgIpc) is 3.27. The van der Waals surface area contributed by atoms with E-state index in [-0.39, 0.29) is 5.69 Å². The minimum absolute atomic E-state index is 0.205. The predicted molar refractivity (Wildman–Crippen MR) is 107 cm³/mol. The summed E-state index contributed by atoms with van der Waals surface area (Å²) in [5.41, 5.74) is 2.36. The number of benzene rings is 2. The molecular formula is C20H12BrF2N3OS. The van der Waals surface area contributed by atoms with Crippen LogP contribution in [0, 0.1) is 11.6 Å².